The van der Waals surface area contributed by atoms with Gasteiger partial charge in [-0.3, -0.25) is 9.59 Å². The number of hydrogen-bond acceptors (Lipinski definition) is 2. The number of rotatable bonds is 4. The first kappa shape index (κ1) is 15.6. The lowest BCUT2D eigenvalue weighted by molar-refractivity contribution is 0.0774. The number of fused-ring (bicyclic) bond motifs is 1. The van der Waals surface area contributed by atoms with Crippen LogP contribution in [0.3, 0.4) is 0 Å². The van der Waals surface area contributed by atoms with Gasteiger partial charge in [-0.25, -0.2) is 0 Å². The molecule has 0 saturated heterocycles. The van der Waals surface area contributed by atoms with Gasteiger partial charge in [-0.15, -0.1) is 0 Å². The van der Waals surface area contributed by atoms with Gasteiger partial charge in [0, 0.05) is 13.1 Å². The molecule has 0 spiro atoms. The second-order valence-corrected chi connectivity index (χ2v) is 5.91. The van der Waals surface area contributed by atoms with Crippen LogP contribution in [-0.4, -0.2) is 23.3 Å². The molecular formula is C18H17ClN2O2. The molecule has 1 aliphatic rings. The lowest BCUT2D eigenvalue weighted by Crippen LogP contribution is -2.26. The largest absolute Gasteiger partial charge is 0.334 e. The van der Waals surface area contributed by atoms with Crippen LogP contribution in [0.25, 0.3) is 0 Å². The van der Waals surface area contributed by atoms with E-state index in [-0.39, 0.29) is 11.8 Å². The second-order valence-electron chi connectivity index (χ2n) is 5.50. The number of hydrogen-bond donors (Lipinski definition) is 1. The van der Waals surface area contributed by atoms with E-state index >= 15 is 0 Å². The lowest BCUT2D eigenvalue weighted by Gasteiger charge is -2.14. The highest BCUT2D eigenvalue weighted by atomic mass is 35.5. The molecule has 0 unspecified atom stereocenters. The van der Waals surface area contributed by atoms with E-state index in [4.69, 9.17) is 11.6 Å². The zero-order chi connectivity index (χ0) is 16.4. The Morgan fingerprint density at radius 3 is 2.74 bits per heavy atom. The van der Waals surface area contributed by atoms with Gasteiger partial charge >= 0.3 is 0 Å². The quantitative estimate of drug-likeness (QED) is 0.923. The summed E-state index contributed by atoms with van der Waals surface area (Å²) in [5.41, 5.74) is 2.33. The fourth-order valence-electron chi connectivity index (χ4n) is 2.81. The van der Waals surface area contributed by atoms with Crippen molar-refractivity contribution in [1.29, 1.82) is 0 Å². The SMILES string of the molecule is CCCN1Cc2cccc(C(=O)Nc3ccccc3Cl)c2C1=O. The standard InChI is InChI=1S/C18H17ClN2O2/c1-2-10-21-11-12-6-5-7-13(16(12)18(21)23)17(22)20-15-9-4-3-8-14(15)19/h3-9H,2,10-11H2,1H3,(H,20,22). The summed E-state index contributed by atoms with van der Waals surface area (Å²) in [4.78, 5) is 26.9. The molecule has 4 nitrogen and oxygen atoms in total. The molecule has 2 aromatic carbocycles. The number of halogens is 1. The van der Waals surface area contributed by atoms with Gasteiger partial charge in [0.25, 0.3) is 11.8 Å². The number of nitrogens with one attached hydrogen (secondary N) is 1. The van der Waals surface area contributed by atoms with Crippen molar-refractivity contribution < 1.29 is 9.59 Å². The topological polar surface area (TPSA) is 49.4 Å². The highest BCUT2D eigenvalue weighted by molar-refractivity contribution is 6.34. The maximum atomic E-state index is 12.6. The lowest BCUT2D eigenvalue weighted by atomic mass is 10.0. The summed E-state index contributed by atoms with van der Waals surface area (Å²) >= 11 is 6.08. The summed E-state index contributed by atoms with van der Waals surface area (Å²) in [7, 11) is 0. The molecule has 0 aromatic heterocycles. The monoisotopic (exact) mass is 328 g/mol. The van der Waals surface area contributed by atoms with Crippen LogP contribution in [0.1, 0.15) is 39.6 Å². The van der Waals surface area contributed by atoms with Gasteiger partial charge in [0.2, 0.25) is 0 Å². The molecular weight excluding hydrogens is 312 g/mol. The van der Waals surface area contributed by atoms with Crippen molar-refractivity contribution in [2.45, 2.75) is 19.9 Å². The van der Waals surface area contributed by atoms with Gasteiger partial charge in [-0.1, -0.05) is 42.8 Å². The second kappa shape index (κ2) is 6.42. The zero-order valence-corrected chi connectivity index (χ0v) is 13.6. The van der Waals surface area contributed by atoms with Crippen LogP contribution in [-0.2, 0) is 6.54 Å². The minimum atomic E-state index is -0.318. The number of anilines is 1. The van der Waals surface area contributed by atoms with E-state index in [2.05, 4.69) is 5.32 Å². The van der Waals surface area contributed by atoms with Crippen LogP contribution in [0.15, 0.2) is 42.5 Å². The van der Waals surface area contributed by atoms with Gasteiger partial charge < -0.3 is 10.2 Å². The number of carbonyl (C=O) groups excluding carboxylic acids is 2. The molecule has 0 fully saturated rings. The van der Waals surface area contributed by atoms with Crippen molar-refractivity contribution in [2.75, 3.05) is 11.9 Å². The molecule has 2 aromatic rings. The van der Waals surface area contributed by atoms with Crippen LogP contribution >= 0.6 is 11.6 Å². The summed E-state index contributed by atoms with van der Waals surface area (Å²) in [5, 5.41) is 3.25. The molecule has 0 saturated carbocycles. The molecule has 1 aliphatic heterocycles. The zero-order valence-electron chi connectivity index (χ0n) is 12.8. The molecule has 118 valence electrons. The minimum Gasteiger partial charge on any atom is -0.334 e. The van der Waals surface area contributed by atoms with Crippen LogP contribution in [0, 0.1) is 0 Å². The molecule has 0 atom stereocenters. The molecule has 3 rings (SSSR count). The molecule has 23 heavy (non-hydrogen) atoms. The molecule has 5 heteroatoms. The summed E-state index contributed by atoms with van der Waals surface area (Å²) in [5.74, 6) is -0.395. The Labute approximate surface area is 140 Å². The van der Waals surface area contributed by atoms with Gasteiger partial charge in [-0.05, 0) is 30.2 Å². The maximum absolute atomic E-state index is 12.6. The van der Waals surface area contributed by atoms with Crippen LogP contribution in [0.2, 0.25) is 5.02 Å². The highest BCUT2D eigenvalue weighted by Gasteiger charge is 2.31. The molecule has 0 bridgehead atoms. The van der Waals surface area contributed by atoms with Crippen molar-refractivity contribution in [1.82, 2.24) is 4.90 Å². The Bertz CT molecular complexity index is 773. The van der Waals surface area contributed by atoms with E-state index in [1.165, 1.54) is 0 Å². The van der Waals surface area contributed by atoms with Crippen LogP contribution in [0.5, 0.6) is 0 Å². The molecule has 0 aliphatic carbocycles. The first-order chi connectivity index (χ1) is 11.1. The van der Waals surface area contributed by atoms with Crippen LogP contribution < -0.4 is 5.32 Å². The smallest absolute Gasteiger partial charge is 0.256 e. The molecule has 2 amide bonds. The summed E-state index contributed by atoms with van der Waals surface area (Å²) < 4.78 is 0. The minimum absolute atomic E-state index is 0.0771. The summed E-state index contributed by atoms with van der Waals surface area (Å²) in [6.07, 6.45) is 0.890. The predicted octanol–water partition coefficient (Wildman–Crippen LogP) is 3.96. The van der Waals surface area contributed by atoms with Crippen molar-refractivity contribution in [3.05, 3.63) is 64.2 Å². The van der Waals surface area contributed by atoms with E-state index in [1.54, 1.807) is 35.2 Å². The van der Waals surface area contributed by atoms with E-state index in [0.717, 1.165) is 12.0 Å². The van der Waals surface area contributed by atoms with Gasteiger partial charge in [0.15, 0.2) is 0 Å². The number of benzene rings is 2. The Balaban J connectivity index is 1.91. The third-order valence-corrected chi connectivity index (χ3v) is 4.20. The number of amides is 2. The maximum Gasteiger partial charge on any atom is 0.256 e. The average molecular weight is 329 g/mol. The third-order valence-electron chi connectivity index (χ3n) is 3.87. The van der Waals surface area contributed by atoms with E-state index < -0.39 is 0 Å². The summed E-state index contributed by atoms with van der Waals surface area (Å²) in [6.45, 7) is 3.29. The molecule has 1 heterocycles. The predicted molar refractivity (Wildman–Crippen MR) is 90.9 cm³/mol. The van der Waals surface area contributed by atoms with E-state index in [9.17, 15) is 9.59 Å². The van der Waals surface area contributed by atoms with Crippen molar-refractivity contribution in [3.63, 3.8) is 0 Å². The normalized spacial score (nSPS) is 13.1. The number of nitrogens with zero attached hydrogens (tertiary/aromatic N) is 1. The molecule has 0 radical (unpaired) electrons. The number of para-hydroxylation sites is 1. The van der Waals surface area contributed by atoms with Crippen molar-refractivity contribution >= 4 is 29.1 Å². The van der Waals surface area contributed by atoms with Crippen LogP contribution in [0.4, 0.5) is 5.69 Å². The molecule has 1 N–H and O–H groups in total. The van der Waals surface area contributed by atoms with E-state index in [1.807, 2.05) is 19.1 Å². The van der Waals surface area contributed by atoms with E-state index in [0.29, 0.717) is 34.9 Å². The van der Waals surface area contributed by atoms with Gasteiger partial charge in [0.1, 0.15) is 0 Å². The van der Waals surface area contributed by atoms with Gasteiger partial charge in [0.05, 0.1) is 21.8 Å². The van der Waals surface area contributed by atoms with Crippen molar-refractivity contribution in [2.24, 2.45) is 0 Å². The first-order valence-electron chi connectivity index (χ1n) is 7.59. The fraction of sp³-hybridized carbons (Fsp3) is 0.222. The fourth-order valence-corrected chi connectivity index (χ4v) is 2.99. The Morgan fingerprint density at radius 2 is 2.00 bits per heavy atom. The van der Waals surface area contributed by atoms with Crippen molar-refractivity contribution in [3.8, 4) is 0 Å². The Kier molecular flexibility index (Phi) is 4.35. The van der Waals surface area contributed by atoms with Gasteiger partial charge in [-0.2, -0.15) is 0 Å². The highest BCUT2D eigenvalue weighted by Crippen LogP contribution is 2.28. The third kappa shape index (κ3) is 2.94. The Hall–Kier alpha value is -2.33. The number of carbonyl (C=O) groups is 2. The first-order valence-corrected chi connectivity index (χ1v) is 7.96. The summed E-state index contributed by atoms with van der Waals surface area (Å²) in [6, 6.07) is 12.4. The Morgan fingerprint density at radius 1 is 1.22 bits per heavy atom. The average Bonchev–Trinajstić information content (AvgIpc) is 2.86.